The molecule has 0 aliphatic heterocycles. The minimum atomic E-state index is -0.480. The molecule has 1 atom stereocenters. The number of rotatable bonds is 2. The Labute approximate surface area is 93.0 Å². The van der Waals surface area contributed by atoms with Crippen molar-refractivity contribution in [3.63, 3.8) is 0 Å². The molecule has 0 amide bonds. The van der Waals surface area contributed by atoms with Crippen molar-refractivity contribution in [3.05, 3.63) is 35.6 Å². The fourth-order valence-corrected chi connectivity index (χ4v) is 1.65. The monoisotopic (exact) mass is 219 g/mol. The van der Waals surface area contributed by atoms with E-state index in [2.05, 4.69) is 4.74 Å². The third-order valence-electron chi connectivity index (χ3n) is 2.45. The van der Waals surface area contributed by atoms with E-state index in [4.69, 9.17) is 10.2 Å². The van der Waals surface area contributed by atoms with Gasteiger partial charge in [0, 0.05) is 17.0 Å². The minimum Gasteiger partial charge on any atom is -0.463 e. The number of fused-ring (bicyclic) bond motifs is 1. The van der Waals surface area contributed by atoms with E-state index in [0.717, 1.165) is 10.9 Å². The summed E-state index contributed by atoms with van der Waals surface area (Å²) in [5, 5.41) is 0.857. The van der Waals surface area contributed by atoms with Crippen LogP contribution in [0.15, 0.2) is 28.7 Å². The van der Waals surface area contributed by atoms with Crippen molar-refractivity contribution in [1.82, 2.24) is 0 Å². The van der Waals surface area contributed by atoms with Crippen LogP contribution in [0.25, 0.3) is 11.0 Å². The van der Waals surface area contributed by atoms with Gasteiger partial charge in [-0.05, 0) is 13.0 Å². The SMILES string of the molecule is COC(=O)c1cc2cccc(C(C)N)c2o1. The Bertz CT molecular complexity index is 528. The molecule has 0 fully saturated rings. The number of methoxy groups -OCH3 is 1. The molecule has 4 nitrogen and oxygen atoms in total. The molecule has 84 valence electrons. The number of hydrogen-bond donors (Lipinski definition) is 1. The molecule has 0 aliphatic carbocycles. The van der Waals surface area contributed by atoms with Crippen LogP contribution in [0.4, 0.5) is 0 Å². The highest BCUT2D eigenvalue weighted by atomic mass is 16.5. The molecule has 2 rings (SSSR count). The average molecular weight is 219 g/mol. The lowest BCUT2D eigenvalue weighted by Crippen LogP contribution is -2.04. The molecule has 0 saturated heterocycles. The smallest absolute Gasteiger partial charge is 0.373 e. The van der Waals surface area contributed by atoms with Crippen molar-refractivity contribution in [1.29, 1.82) is 0 Å². The lowest BCUT2D eigenvalue weighted by atomic mass is 10.1. The van der Waals surface area contributed by atoms with E-state index >= 15 is 0 Å². The summed E-state index contributed by atoms with van der Waals surface area (Å²) >= 11 is 0. The molecule has 1 heterocycles. The summed E-state index contributed by atoms with van der Waals surface area (Å²) < 4.78 is 10.1. The number of para-hydroxylation sites is 1. The van der Waals surface area contributed by atoms with Gasteiger partial charge in [0.15, 0.2) is 0 Å². The van der Waals surface area contributed by atoms with E-state index in [1.165, 1.54) is 7.11 Å². The second-order valence-electron chi connectivity index (χ2n) is 3.66. The summed E-state index contributed by atoms with van der Waals surface area (Å²) in [7, 11) is 1.32. The molecule has 0 spiro atoms. The zero-order valence-electron chi connectivity index (χ0n) is 9.19. The van der Waals surface area contributed by atoms with E-state index in [1.54, 1.807) is 6.07 Å². The van der Waals surface area contributed by atoms with E-state index in [-0.39, 0.29) is 11.8 Å². The highest BCUT2D eigenvalue weighted by Gasteiger charge is 2.15. The van der Waals surface area contributed by atoms with Crippen LogP contribution in [-0.4, -0.2) is 13.1 Å². The van der Waals surface area contributed by atoms with Crippen LogP contribution in [0.3, 0.4) is 0 Å². The van der Waals surface area contributed by atoms with E-state index in [1.807, 2.05) is 25.1 Å². The predicted octanol–water partition coefficient (Wildman–Crippen LogP) is 2.24. The third kappa shape index (κ3) is 1.67. The highest BCUT2D eigenvalue weighted by molar-refractivity contribution is 5.93. The fourth-order valence-electron chi connectivity index (χ4n) is 1.65. The molecule has 1 aromatic carbocycles. The fraction of sp³-hybridized carbons (Fsp3) is 0.250. The Morgan fingerprint density at radius 2 is 2.25 bits per heavy atom. The van der Waals surface area contributed by atoms with Crippen molar-refractivity contribution in [2.75, 3.05) is 7.11 Å². The number of nitrogens with two attached hydrogens (primary N) is 1. The first-order valence-corrected chi connectivity index (χ1v) is 5.00. The average Bonchev–Trinajstić information content (AvgIpc) is 2.70. The topological polar surface area (TPSA) is 65.5 Å². The van der Waals surface area contributed by atoms with Crippen molar-refractivity contribution >= 4 is 16.9 Å². The van der Waals surface area contributed by atoms with Crippen LogP contribution in [0.2, 0.25) is 0 Å². The molecular formula is C12H13NO3. The number of carbonyl (C=O) groups excluding carboxylic acids is 1. The van der Waals surface area contributed by atoms with Crippen LogP contribution < -0.4 is 5.73 Å². The van der Waals surface area contributed by atoms with Crippen molar-refractivity contribution in [2.45, 2.75) is 13.0 Å². The first-order valence-electron chi connectivity index (χ1n) is 5.00. The van der Waals surface area contributed by atoms with Gasteiger partial charge in [-0.2, -0.15) is 0 Å². The molecule has 0 bridgehead atoms. The number of hydrogen-bond acceptors (Lipinski definition) is 4. The molecule has 1 unspecified atom stereocenters. The van der Waals surface area contributed by atoms with Crippen LogP contribution >= 0.6 is 0 Å². The van der Waals surface area contributed by atoms with E-state index in [9.17, 15) is 4.79 Å². The first-order chi connectivity index (χ1) is 7.63. The van der Waals surface area contributed by atoms with Crippen LogP contribution in [-0.2, 0) is 4.74 Å². The van der Waals surface area contributed by atoms with E-state index in [0.29, 0.717) is 5.58 Å². The Morgan fingerprint density at radius 1 is 1.50 bits per heavy atom. The van der Waals surface area contributed by atoms with Crippen molar-refractivity contribution < 1.29 is 13.9 Å². The van der Waals surface area contributed by atoms with Gasteiger partial charge in [0.25, 0.3) is 0 Å². The molecule has 1 aromatic heterocycles. The number of esters is 1. The van der Waals surface area contributed by atoms with Crippen molar-refractivity contribution in [2.24, 2.45) is 5.73 Å². The maximum atomic E-state index is 11.3. The van der Waals surface area contributed by atoms with Gasteiger partial charge in [0.1, 0.15) is 5.58 Å². The number of furan rings is 1. The highest BCUT2D eigenvalue weighted by Crippen LogP contribution is 2.26. The van der Waals surface area contributed by atoms with Crippen LogP contribution in [0.5, 0.6) is 0 Å². The Hall–Kier alpha value is -1.81. The molecule has 16 heavy (non-hydrogen) atoms. The quantitative estimate of drug-likeness (QED) is 0.786. The summed E-state index contributed by atoms with van der Waals surface area (Å²) in [6.45, 7) is 1.87. The van der Waals surface area contributed by atoms with Gasteiger partial charge in [-0.1, -0.05) is 18.2 Å². The Morgan fingerprint density at radius 3 is 2.88 bits per heavy atom. The second-order valence-corrected chi connectivity index (χ2v) is 3.66. The maximum Gasteiger partial charge on any atom is 0.373 e. The number of carbonyl (C=O) groups is 1. The molecule has 0 radical (unpaired) electrons. The summed E-state index contributed by atoms with van der Waals surface area (Å²) in [6, 6.07) is 7.17. The normalized spacial score (nSPS) is 12.7. The standard InChI is InChI=1S/C12H13NO3/c1-7(13)9-5-3-4-8-6-10(12(14)15-2)16-11(8)9/h3-7H,13H2,1-2H3. The molecule has 2 aromatic rings. The summed E-state index contributed by atoms with van der Waals surface area (Å²) in [6.07, 6.45) is 0. The van der Waals surface area contributed by atoms with Gasteiger partial charge < -0.3 is 14.9 Å². The van der Waals surface area contributed by atoms with Gasteiger partial charge in [-0.25, -0.2) is 4.79 Å². The minimum absolute atomic E-state index is 0.139. The molecule has 0 aliphatic rings. The summed E-state index contributed by atoms with van der Waals surface area (Å²) in [4.78, 5) is 11.3. The largest absolute Gasteiger partial charge is 0.463 e. The molecule has 4 heteroatoms. The summed E-state index contributed by atoms with van der Waals surface area (Å²) in [5.74, 6) is -0.280. The van der Waals surface area contributed by atoms with Crippen molar-refractivity contribution in [3.8, 4) is 0 Å². The Balaban J connectivity index is 2.61. The van der Waals surface area contributed by atoms with E-state index < -0.39 is 5.97 Å². The van der Waals surface area contributed by atoms with Gasteiger partial charge in [0.05, 0.1) is 7.11 Å². The van der Waals surface area contributed by atoms with Gasteiger partial charge in [-0.15, -0.1) is 0 Å². The maximum absolute atomic E-state index is 11.3. The zero-order valence-corrected chi connectivity index (χ0v) is 9.19. The number of benzene rings is 1. The summed E-state index contributed by atoms with van der Waals surface area (Å²) in [5.41, 5.74) is 7.35. The lowest BCUT2D eigenvalue weighted by Gasteiger charge is -2.04. The molecular weight excluding hydrogens is 206 g/mol. The van der Waals surface area contributed by atoms with Gasteiger partial charge in [-0.3, -0.25) is 0 Å². The first kappa shape index (κ1) is 10.7. The number of ether oxygens (including phenoxy) is 1. The second kappa shape index (κ2) is 3.98. The third-order valence-corrected chi connectivity index (χ3v) is 2.45. The Kier molecular flexibility index (Phi) is 2.66. The van der Waals surface area contributed by atoms with Crippen LogP contribution in [0, 0.1) is 0 Å². The molecule has 0 saturated carbocycles. The lowest BCUT2D eigenvalue weighted by molar-refractivity contribution is 0.0567. The zero-order chi connectivity index (χ0) is 11.7. The van der Waals surface area contributed by atoms with Gasteiger partial charge >= 0.3 is 5.97 Å². The molecule has 2 N–H and O–H groups in total. The van der Waals surface area contributed by atoms with Crippen LogP contribution in [0.1, 0.15) is 29.1 Å². The van der Waals surface area contributed by atoms with Gasteiger partial charge in [0.2, 0.25) is 5.76 Å². The predicted molar refractivity (Wildman–Crippen MR) is 60.2 cm³/mol.